The summed E-state index contributed by atoms with van der Waals surface area (Å²) < 4.78 is 40.8. The topological polar surface area (TPSA) is 77.0 Å². The minimum absolute atomic E-state index is 0. The molecule has 2 aliphatic rings. The zero-order valence-electron chi connectivity index (χ0n) is 16.0. The molecule has 2 aliphatic heterocycles. The van der Waals surface area contributed by atoms with Gasteiger partial charge < -0.3 is 24.6 Å². The van der Waals surface area contributed by atoms with E-state index >= 15 is 0 Å². The Hall–Kier alpha value is -2.58. The number of carboxylic acid groups (broad SMARTS) is 1. The first-order valence-electron chi connectivity index (χ1n) is 9.44. The van der Waals surface area contributed by atoms with Crippen molar-refractivity contribution in [1.29, 1.82) is 0 Å². The molecule has 0 spiro atoms. The third kappa shape index (κ3) is 5.12. The second kappa shape index (κ2) is 9.06. The van der Waals surface area contributed by atoms with Gasteiger partial charge in [-0.05, 0) is 67.2 Å². The molecule has 162 valence electrons. The Bertz CT molecular complexity index is 905. The number of halogens is 3. The maximum atomic E-state index is 13.1. The molecule has 0 saturated carbocycles. The SMILES string of the molecule is Cl.O=C(O)[C@@H](Cc1cccc(OCc2ccc3c(c2)OC(F)(F)O3)c1)[C@H]1CCNC1. The summed E-state index contributed by atoms with van der Waals surface area (Å²) in [6.45, 7) is 1.72. The molecule has 0 bridgehead atoms. The van der Waals surface area contributed by atoms with Crippen molar-refractivity contribution in [2.45, 2.75) is 25.7 Å². The fourth-order valence-electron chi connectivity index (χ4n) is 3.74. The number of hydrogen-bond acceptors (Lipinski definition) is 5. The van der Waals surface area contributed by atoms with Gasteiger partial charge in [0.1, 0.15) is 12.4 Å². The monoisotopic (exact) mass is 441 g/mol. The first kappa shape index (κ1) is 22.1. The molecule has 6 nitrogen and oxygen atoms in total. The van der Waals surface area contributed by atoms with Gasteiger partial charge in [0.25, 0.3) is 0 Å². The van der Waals surface area contributed by atoms with Gasteiger partial charge in [0.05, 0.1) is 5.92 Å². The van der Waals surface area contributed by atoms with Gasteiger partial charge in [-0.15, -0.1) is 21.2 Å². The third-order valence-electron chi connectivity index (χ3n) is 5.21. The summed E-state index contributed by atoms with van der Waals surface area (Å²) >= 11 is 0. The van der Waals surface area contributed by atoms with Crippen LogP contribution in [0.15, 0.2) is 42.5 Å². The Morgan fingerprint density at radius 1 is 1.20 bits per heavy atom. The van der Waals surface area contributed by atoms with Crippen LogP contribution >= 0.6 is 12.4 Å². The zero-order chi connectivity index (χ0) is 20.4. The van der Waals surface area contributed by atoms with Crippen LogP contribution in [0.1, 0.15) is 17.5 Å². The van der Waals surface area contributed by atoms with E-state index in [0.29, 0.717) is 17.7 Å². The van der Waals surface area contributed by atoms with E-state index in [2.05, 4.69) is 14.8 Å². The van der Waals surface area contributed by atoms with Crippen molar-refractivity contribution in [3.05, 3.63) is 53.6 Å². The molecule has 2 aromatic carbocycles. The van der Waals surface area contributed by atoms with Crippen LogP contribution < -0.4 is 19.5 Å². The van der Waals surface area contributed by atoms with Gasteiger partial charge >= 0.3 is 12.3 Å². The highest BCUT2D eigenvalue weighted by molar-refractivity contribution is 5.85. The third-order valence-corrected chi connectivity index (χ3v) is 5.21. The lowest BCUT2D eigenvalue weighted by Gasteiger charge is -2.19. The number of carbonyl (C=O) groups is 1. The van der Waals surface area contributed by atoms with Gasteiger partial charge in [-0.1, -0.05) is 18.2 Å². The fourth-order valence-corrected chi connectivity index (χ4v) is 3.74. The summed E-state index contributed by atoms with van der Waals surface area (Å²) in [5.41, 5.74) is 1.53. The van der Waals surface area contributed by atoms with Gasteiger partial charge in [-0.25, -0.2) is 0 Å². The number of rotatable bonds is 7. The average Bonchev–Trinajstić information content (AvgIpc) is 3.30. The minimum atomic E-state index is -3.65. The first-order valence-corrected chi connectivity index (χ1v) is 9.44. The first-order chi connectivity index (χ1) is 13.9. The molecular formula is C21H22ClF2NO5. The molecule has 1 fully saturated rings. The van der Waals surface area contributed by atoms with E-state index in [1.165, 1.54) is 12.1 Å². The van der Waals surface area contributed by atoms with Crippen LogP contribution in [0.2, 0.25) is 0 Å². The molecule has 0 aliphatic carbocycles. The Kier molecular flexibility index (Phi) is 6.67. The largest absolute Gasteiger partial charge is 0.586 e. The number of ether oxygens (including phenoxy) is 3. The summed E-state index contributed by atoms with van der Waals surface area (Å²) in [7, 11) is 0. The standard InChI is InChI=1S/C21H21F2NO5.ClH/c22-21(23)28-18-5-4-14(10-19(18)29-21)12-27-16-3-1-2-13(8-16)9-17(20(25)26)15-6-7-24-11-15;/h1-5,8,10,15,17,24H,6-7,9,11-12H2,(H,25,26);1H/t15-,17-;/m0./s1. The lowest BCUT2D eigenvalue weighted by molar-refractivity contribution is -0.286. The Morgan fingerprint density at radius 2 is 2.00 bits per heavy atom. The van der Waals surface area contributed by atoms with E-state index in [0.717, 1.165) is 25.1 Å². The molecule has 2 N–H and O–H groups in total. The minimum Gasteiger partial charge on any atom is -0.489 e. The molecule has 0 radical (unpaired) electrons. The summed E-state index contributed by atoms with van der Waals surface area (Å²) in [4.78, 5) is 11.7. The van der Waals surface area contributed by atoms with Crippen molar-refractivity contribution in [3.8, 4) is 17.2 Å². The normalized spacial score (nSPS) is 19.7. The smallest absolute Gasteiger partial charge is 0.489 e. The number of aliphatic carboxylic acids is 1. The second-order valence-corrected chi connectivity index (χ2v) is 7.29. The van der Waals surface area contributed by atoms with Crippen LogP contribution in [-0.4, -0.2) is 30.5 Å². The van der Waals surface area contributed by atoms with Crippen molar-refractivity contribution in [2.24, 2.45) is 11.8 Å². The average molecular weight is 442 g/mol. The Balaban J connectivity index is 0.00000256. The van der Waals surface area contributed by atoms with Gasteiger partial charge in [-0.2, -0.15) is 0 Å². The molecule has 9 heteroatoms. The predicted molar refractivity (Wildman–Crippen MR) is 106 cm³/mol. The second-order valence-electron chi connectivity index (χ2n) is 7.29. The van der Waals surface area contributed by atoms with Crippen LogP contribution in [0.25, 0.3) is 0 Å². The van der Waals surface area contributed by atoms with Crippen LogP contribution in [0, 0.1) is 11.8 Å². The fraction of sp³-hybridized carbons (Fsp3) is 0.381. The lowest BCUT2D eigenvalue weighted by Crippen LogP contribution is -2.27. The van der Waals surface area contributed by atoms with Gasteiger partial charge in [0, 0.05) is 0 Å². The maximum absolute atomic E-state index is 13.1. The quantitative estimate of drug-likeness (QED) is 0.679. The van der Waals surface area contributed by atoms with Crippen molar-refractivity contribution in [3.63, 3.8) is 0 Å². The maximum Gasteiger partial charge on any atom is 0.586 e. The molecule has 2 heterocycles. The number of alkyl halides is 2. The van der Waals surface area contributed by atoms with Crippen molar-refractivity contribution < 1.29 is 32.9 Å². The number of benzene rings is 2. The Labute approximate surface area is 178 Å². The predicted octanol–water partition coefficient (Wildman–Crippen LogP) is 3.86. The highest BCUT2D eigenvalue weighted by atomic mass is 35.5. The zero-order valence-corrected chi connectivity index (χ0v) is 16.8. The molecule has 0 amide bonds. The van der Waals surface area contributed by atoms with Gasteiger partial charge in [0.2, 0.25) is 0 Å². The van der Waals surface area contributed by atoms with E-state index in [9.17, 15) is 18.7 Å². The Morgan fingerprint density at radius 3 is 2.73 bits per heavy atom. The highest BCUT2D eigenvalue weighted by Crippen LogP contribution is 2.41. The molecule has 2 aromatic rings. The summed E-state index contributed by atoms with van der Waals surface area (Å²) in [6, 6.07) is 11.8. The molecule has 0 aromatic heterocycles. The summed E-state index contributed by atoms with van der Waals surface area (Å²) in [5, 5.41) is 12.8. The highest BCUT2D eigenvalue weighted by Gasteiger charge is 2.43. The van der Waals surface area contributed by atoms with Crippen LogP contribution in [0.4, 0.5) is 8.78 Å². The van der Waals surface area contributed by atoms with E-state index in [4.69, 9.17) is 4.74 Å². The molecular weight excluding hydrogens is 420 g/mol. The van der Waals surface area contributed by atoms with Crippen LogP contribution in [0.5, 0.6) is 17.2 Å². The van der Waals surface area contributed by atoms with E-state index in [-0.39, 0.29) is 36.4 Å². The van der Waals surface area contributed by atoms with Crippen LogP contribution in [-0.2, 0) is 17.8 Å². The number of fused-ring (bicyclic) bond motifs is 1. The molecule has 2 atom stereocenters. The molecule has 4 rings (SSSR count). The summed E-state index contributed by atoms with van der Waals surface area (Å²) in [6.07, 6.45) is -2.36. The van der Waals surface area contributed by atoms with Crippen molar-refractivity contribution in [1.82, 2.24) is 5.32 Å². The van der Waals surface area contributed by atoms with E-state index in [1.807, 2.05) is 18.2 Å². The molecule has 0 unspecified atom stereocenters. The molecule has 30 heavy (non-hydrogen) atoms. The summed E-state index contributed by atoms with van der Waals surface area (Å²) in [5.74, 6) is -0.581. The molecule has 1 saturated heterocycles. The number of hydrogen-bond donors (Lipinski definition) is 2. The van der Waals surface area contributed by atoms with E-state index < -0.39 is 18.2 Å². The van der Waals surface area contributed by atoms with Crippen molar-refractivity contribution >= 4 is 18.4 Å². The van der Waals surface area contributed by atoms with E-state index in [1.54, 1.807) is 12.1 Å². The van der Waals surface area contributed by atoms with Gasteiger partial charge in [-0.3, -0.25) is 4.79 Å². The van der Waals surface area contributed by atoms with Crippen molar-refractivity contribution in [2.75, 3.05) is 13.1 Å². The lowest BCUT2D eigenvalue weighted by atomic mass is 9.86. The number of nitrogens with one attached hydrogen (secondary N) is 1. The van der Waals surface area contributed by atoms with Crippen LogP contribution in [0.3, 0.4) is 0 Å². The number of carboxylic acids is 1. The van der Waals surface area contributed by atoms with Gasteiger partial charge in [0.15, 0.2) is 11.5 Å².